The summed E-state index contributed by atoms with van der Waals surface area (Å²) in [6.45, 7) is 8.11. The Hall–Kier alpha value is -1.13. The Balaban J connectivity index is 1.74. The minimum Gasteiger partial charge on any atom is -0.365 e. The Labute approximate surface area is 122 Å². The summed E-state index contributed by atoms with van der Waals surface area (Å²) in [6.07, 6.45) is 4.76. The van der Waals surface area contributed by atoms with E-state index in [0.29, 0.717) is 12.1 Å². The predicted octanol–water partition coefficient (Wildman–Crippen LogP) is 2.03. The Kier molecular flexibility index (Phi) is 3.94. The molecular formula is C16H26N4. The second kappa shape index (κ2) is 5.70. The van der Waals surface area contributed by atoms with Gasteiger partial charge in [-0.2, -0.15) is 0 Å². The van der Waals surface area contributed by atoms with E-state index in [0.717, 1.165) is 18.3 Å². The highest BCUT2D eigenvalue weighted by atomic mass is 15.3. The summed E-state index contributed by atoms with van der Waals surface area (Å²) in [4.78, 5) is 9.82. The van der Waals surface area contributed by atoms with Gasteiger partial charge in [0, 0.05) is 31.2 Å². The molecule has 3 heterocycles. The third-order valence-corrected chi connectivity index (χ3v) is 4.92. The van der Waals surface area contributed by atoms with Crippen molar-refractivity contribution in [3.05, 3.63) is 24.0 Å². The number of pyridine rings is 1. The van der Waals surface area contributed by atoms with Gasteiger partial charge < -0.3 is 10.2 Å². The summed E-state index contributed by atoms with van der Waals surface area (Å²) in [7, 11) is 1.97. The largest absolute Gasteiger partial charge is 0.365 e. The molecule has 2 aliphatic heterocycles. The molecule has 0 aromatic carbocycles. The van der Waals surface area contributed by atoms with Crippen LogP contribution in [0, 0.1) is 0 Å². The van der Waals surface area contributed by atoms with Crippen LogP contribution < -0.4 is 10.2 Å². The van der Waals surface area contributed by atoms with Crippen LogP contribution in [0.5, 0.6) is 0 Å². The highest BCUT2D eigenvalue weighted by Gasteiger charge is 2.34. The minimum absolute atomic E-state index is 0.313. The third kappa shape index (κ3) is 2.54. The first-order valence-corrected chi connectivity index (χ1v) is 7.83. The van der Waals surface area contributed by atoms with E-state index in [-0.39, 0.29) is 0 Å². The van der Waals surface area contributed by atoms with Crippen LogP contribution in [0.2, 0.25) is 0 Å². The lowest BCUT2D eigenvalue weighted by Gasteiger charge is -2.43. The molecule has 3 atom stereocenters. The van der Waals surface area contributed by atoms with Crippen molar-refractivity contribution < 1.29 is 0 Å². The maximum Gasteiger partial charge on any atom is 0.0571 e. The van der Waals surface area contributed by atoms with Crippen LogP contribution in [0.1, 0.15) is 38.4 Å². The molecule has 2 fully saturated rings. The first kappa shape index (κ1) is 13.8. The lowest BCUT2D eigenvalue weighted by atomic mass is 10.1. The number of hydrogen-bond donors (Lipinski definition) is 1. The second-order valence-corrected chi connectivity index (χ2v) is 6.24. The highest BCUT2D eigenvalue weighted by molar-refractivity contribution is 5.47. The molecule has 0 radical (unpaired) electrons. The topological polar surface area (TPSA) is 31.4 Å². The van der Waals surface area contributed by atoms with Crippen molar-refractivity contribution in [2.45, 2.75) is 44.8 Å². The van der Waals surface area contributed by atoms with E-state index in [1.54, 1.807) is 0 Å². The summed E-state index contributed by atoms with van der Waals surface area (Å²) in [5.74, 6) is 0. The van der Waals surface area contributed by atoms with Crippen molar-refractivity contribution in [3.8, 4) is 0 Å². The summed E-state index contributed by atoms with van der Waals surface area (Å²) >= 11 is 0. The predicted molar refractivity (Wildman–Crippen MR) is 83.1 cm³/mol. The van der Waals surface area contributed by atoms with Gasteiger partial charge in [0.05, 0.1) is 17.6 Å². The number of fused-ring (bicyclic) bond motifs is 1. The number of piperazine rings is 1. The molecule has 1 N–H and O–H groups in total. The quantitative estimate of drug-likeness (QED) is 0.914. The standard InChI is InChI=1S/C16H26N4/c1-12-10-19-8-4-5-15(19)11-20(12)14-6-7-16(18-9-14)13(2)17-3/h6-7,9,12-13,15,17H,4-5,8,10-11H2,1-3H3. The molecule has 3 unspecified atom stereocenters. The van der Waals surface area contributed by atoms with Gasteiger partial charge in [0.25, 0.3) is 0 Å². The van der Waals surface area contributed by atoms with Crippen molar-refractivity contribution in [1.29, 1.82) is 0 Å². The lowest BCUT2D eigenvalue weighted by Crippen LogP contribution is -2.55. The zero-order valence-electron chi connectivity index (χ0n) is 12.8. The van der Waals surface area contributed by atoms with E-state index in [1.807, 2.05) is 13.2 Å². The van der Waals surface area contributed by atoms with E-state index in [2.05, 4.69) is 46.1 Å². The Bertz CT molecular complexity index is 444. The van der Waals surface area contributed by atoms with Crippen LogP contribution in [0.3, 0.4) is 0 Å². The van der Waals surface area contributed by atoms with Gasteiger partial charge in [-0.1, -0.05) is 0 Å². The third-order valence-electron chi connectivity index (χ3n) is 4.92. The van der Waals surface area contributed by atoms with Crippen LogP contribution in [-0.2, 0) is 0 Å². The summed E-state index contributed by atoms with van der Waals surface area (Å²) in [5.41, 5.74) is 2.39. The fourth-order valence-electron chi connectivity index (χ4n) is 3.52. The number of nitrogens with zero attached hydrogens (tertiary/aromatic N) is 3. The molecule has 2 saturated heterocycles. The van der Waals surface area contributed by atoms with Crippen LogP contribution in [0.4, 0.5) is 5.69 Å². The molecular weight excluding hydrogens is 248 g/mol. The van der Waals surface area contributed by atoms with Gasteiger partial charge in [-0.25, -0.2) is 0 Å². The Morgan fingerprint density at radius 1 is 1.35 bits per heavy atom. The summed E-state index contributed by atoms with van der Waals surface area (Å²) in [5, 5.41) is 3.24. The molecule has 0 saturated carbocycles. The average molecular weight is 274 g/mol. The first-order chi connectivity index (χ1) is 9.69. The van der Waals surface area contributed by atoms with E-state index in [1.165, 1.54) is 31.6 Å². The van der Waals surface area contributed by atoms with Gasteiger partial charge in [0.2, 0.25) is 0 Å². The number of nitrogens with one attached hydrogen (secondary N) is 1. The lowest BCUT2D eigenvalue weighted by molar-refractivity contribution is 0.203. The average Bonchev–Trinajstić information content (AvgIpc) is 2.93. The Morgan fingerprint density at radius 3 is 2.90 bits per heavy atom. The molecule has 4 nitrogen and oxygen atoms in total. The van der Waals surface area contributed by atoms with Gasteiger partial charge in [-0.15, -0.1) is 0 Å². The van der Waals surface area contributed by atoms with Crippen LogP contribution >= 0.6 is 0 Å². The fraction of sp³-hybridized carbons (Fsp3) is 0.688. The van der Waals surface area contributed by atoms with Crippen LogP contribution in [0.25, 0.3) is 0 Å². The van der Waals surface area contributed by atoms with Gasteiger partial charge in [0.1, 0.15) is 0 Å². The molecule has 0 spiro atoms. The van der Waals surface area contributed by atoms with Gasteiger partial charge in [0.15, 0.2) is 0 Å². The van der Waals surface area contributed by atoms with Gasteiger partial charge >= 0.3 is 0 Å². The minimum atomic E-state index is 0.313. The van der Waals surface area contributed by atoms with Crippen LogP contribution in [-0.4, -0.2) is 48.6 Å². The number of anilines is 1. The molecule has 0 bridgehead atoms. The van der Waals surface area contributed by atoms with E-state index >= 15 is 0 Å². The number of hydrogen-bond acceptors (Lipinski definition) is 4. The number of rotatable bonds is 3. The highest BCUT2D eigenvalue weighted by Crippen LogP contribution is 2.28. The van der Waals surface area contributed by atoms with Crippen molar-refractivity contribution in [3.63, 3.8) is 0 Å². The van der Waals surface area contributed by atoms with Crippen molar-refractivity contribution in [2.75, 3.05) is 31.6 Å². The van der Waals surface area contributed by atoms with E-state index < -0.39 is 0 Å². The summed E-state index contributed by atoms with van der Waals surface area (Å²) in [6, 6.07) is 6.04. The van der Waals surface area contributed by atoms with E-state index in [9.17, 15) is 0 Å². The zero-order chi connectivity index (χ0) is 14.1. The molecule has 20 heavy (non-hydrogen) atoms. The smallest absolute Gasteiger partial charge is 0.0571 e. The van der Waals surface area contributed by atoms with Crippen molar-refractivity contribution in [2.24, 2.45) is 0 Å². The maximum absolute atomic E-state index is 4.63. The molecule has 1 aromatic heterocycles. The monoisotopic (exact) mass is 274 g/mol. The van der Waals surface area contributed by atoms with Crippen molar-refractivity contribution >= 4 is 5.69 Å². The zero-order valence-corrected chi connectivity index (χ0v) is 12.8. The van der Waals surface area contributed by atoms with Gasteiger partial charge in [-0.05, 0) is 52.4 Å². The number of aromatic nitrogens is 1. The van der Waals surface area contributed by atoms with E-state index in [4.69, 9.17) is 0 Å². The molecule has 0 aliphatic carbocycles. The second-order valence-electron chi connectivity index (χ2n) is 6.24. The first-order valence-electron chi connectivity index (χ1n) is 7.83. The molecule has 1 aromatic rings. The van der Waals surface area contributed by atoms with Gasteiger partial charge in [-0.3, -0.25) is 9.88 Å². The van der Waals surface area contributed by atoms with Crippen LogP contribution in [0.15, 0.2) is 18.3 Å². The Morgan fingerprint density at radius 2 is 2.20 bits per heavy atom. The molecule has 2 aliphatic rings. The summed E-state index contributed by atoms with van der Waals surface area (Å²) < 4.78 is 0. The molecule has 3 rings (SSSR count). The normalized spacial score (nSPS) is 28.4. The molecule has 4 heteroatoms. The molecule has 110 valence electrons. The van der Waals surface area contributed by atoms with Crippen molar-refractivity contribution in [1.82, 2.24) is 15.2 Å². The maximum atomic E-state index is 4.63. The SMILES string of the molecule is CNC(C)c1ccc(N2CC3CCCN3CC2C)cn1. The fourth-order valence-corrected chi connectivity index (χ4v) is 3.52. The molecule has 0 amide bonds.